The third-order valence-corrected chi connectivity index (χ3v) is 6.40. The summed E-state index contributed by atoms with van der Waals surface area (Å²) >= 11 is 7.23. The highest BCUT2D eigenvalue weighted by atomic mass is 35.5. The Labute approximate surface area is 189 Å². The van der Waals surface area contributed by atoms with Gasteiger partial charge in [0.1, 0.15) is 5.01 Å². The molecule has 1 aromatic heterocycles. The van der Waals surface area contributed by atoms with Gasteiger partial charge in [0.2, 0.25) is 5.01 Å². The van der Waals surface area contributed by atoms with Gasteiger partial charge in [0.15, 0.2) is 0 Å². The first-order chi connectivity index (χ1) is 15.0. The van der Waals surface area contributed by atoms with Crippen molar-refractivity contribution >= 4 is 46.3 Å². The molecule has 0 unspecified atom stereocenters. The van der Waals surface area contributed by atoms with Crippen LogP contribution in [0.3, 0.4) is 0 Å². The molecule has 2 heterocycles. The fraction of sp³-hybridized carbons (Fsp3) is 0.273. The summed E-state index contributed by atoms with van der Waals surface area (Å²) in [6.45, 7) is 3.24. The van der Waals surface area contributed by atoms with Gasteiger partial charge in [-0.2, -0.15) is 0 Å². The molecule has 3 aromatic rings. The molecule has 31 heavy (non-hydrogen) atoms. The molecule has 160 valence electrons. The number of hydrogen-bond donors (Lipinski definition) is 2. The zero-order chi connectivity index (χ0) is 21.8. The largest absolute Gasteiger partial charge is 0.324 e. The Morgan fingerprint density at radius 1 is 1.10 bits per heavy atom. The van der Waals surface area contributed by atoms with E-state index in [4.69, 9.17) is 11.6 Å². The number of carbonyl (C=O) groups excluding carboxylic acids is 2. The van der Waals surface area contributed by atoms with Crippen molar-refractivity contribution in [2.24, 2.45) is 0 Å². The fourth-order valence-electron chi connectivity index (χ4n) is 3.44. The number of likely N-dealkylation sites (tertiary alicyclic amines) is 1. The second kappa shape index (κ2) is 9.45. The Morgan fingerprint density at radius 2 is 1.90 bits per heavy atom. The molecule has 0 bridgehead atoms. The minimum Gasteiger partial charge on any atom is -0.324 e. The van der Waals surface area contributed by atoms with Crippen LogP contribution in [-0.2, 0) is 0 Å². The molecule has 3 amide bonds. The van der Waals surface area contributed by atoms with Crippen LogP contribution in [0.2, 0.25) is 5.02 Å². The normalized spacial score (nSPS) is 16.1. The maximum atomic E-state index is 12.7. The summed E-state index contributed by atoms with van der Waals surface area (Å²) in [5.74, 6) is -0.265. The summed E-state index contributed by atoms with van der Waals surface area (Å²) in [5, 5.41) is 15.6. The lowest BCUT2D eigenvalue weighted by Gasteiger charge is -2.31. The van der Waals surface area contributed by atoms with Crippen LogP contribution in [0.25, 0.3) is 0 Å². The molecular formula is C22H22ClN5O2S. The smallest absolute Gasteiger partial charge is 0.321 e. The highest BCUT2D eigenvalue weighted by molar-refractivity contribution is 7.13. The number of benzene rings is 2. The number of halogens is 1. The highest BCUT2D eigenvalue weighted by Crippen LogP contribution is 2.30. The van der Waals surface area contributed by atoms with Crippen molar-refractivity contribution in [3.05, 3.63) is 69.1 Å². The molecule has 1 saturated heterocycles. The van der Waals surface area contributed by atoms with Crippen molar-refractivity contribution in [1.82, 2.24) is 15.1 Å². The summed E-state index contributed by atoms with van der Waals surface area (Å²) in [7, 11) is 0. The molecular weight excluding hydrogens is 434 g/mol. The average Bonchev–Trinajstić information content (AvgIpc) is 3.26. The molecule has 0 saturated carbocycles. The molecule has 2 N–H and O–H groups in total. The van der Waals surface area contributed by atoms with Gasteiger partial charge in [-0.15, -0.1) is 10.2 Å². The monoisotopic (exact) mass is 455 g/mol. The minimum absolute atomic E-state index is 0.0581. The van der Waals surface area contributed by atoms with E-state index >= 15 is 0 Å². The third kappa shape index (κ3) is 5.39. The molecule has 1 aliphatic rings. The molecule has 1 atom stereocenters. The zero-order valence-electron chi connectivity index (χ0n) is 17.0. The van der Waals surface area contributed by atoms with E-state index in [9.17, 15) is 9.59 Å². The minimum atomic E-state index is -0.323. The number of aromatic nitrogens is 2. The number of hydrogen-bond acceptors (Lipinski definition) is 5. The van der Waals surface area contributed by atoms with Gasteiger partial charge in [-0.3, -0.25) is 4.79 Å². The van der Waals surface area contributed by atoms with E-state index in [0.29, 0.717) is 23.8 Å². The standard InChI is InChI=1S/C22H22ClN5O2S/c1-14-7-9-17(10-8-14)25-22(30)28-11-3-4-15(13-28)20-26-27-21(31-20)19(29)24-18-6-2-5-16(23)12-18/h2,5-10,12,15H,3-4,11,13H2,1H3,(H,24,29)(H,25,30)/t15-/m0/s1. The average molecular weight is 456 g/mol. The summed E-state index contributed by atoms with van der Waals surface area (Å²) in [5.41, 5.74) is 2.52. The quantitative estimate of drug-likeness (QED) is 0.568. The van der Waals surface area contributed by atoms with E-state index in [2.05, 4.69) is 20.8 Å². The van der Waals surface area contributed by atoms with Gasteiger partial charge in [0, 0.05) is 35.4 Å². The number of nitrogens with zero attached hydrogens (tertiary/aromatic N) is 3. The molecule has 1 fully saturated rings. The second-order valence-corrected chi connectivity index (χ2v) is 8.94. The molecule has 2 aromatic carbocycles. The first kappa shape index (κ1) is 21.3. The van der Waals surface area contributed by atoms with Crippen molar-refractivity contribution < 1.29 is 9.59 Å². The summed E-state index contributed by atoms with van der Waals surface area (Å²) in [4.78, 5) is 27.0. The predicted octanol–water partition coefficient (Wildman–Crippen LogP) is 5.16. The first-order valence-electron chi connectivity index (χ1n) is 10.0. The fourth-order valence-corrected chi connectivity index (χ4v) is 4.50. The molecule has 1 aliphatic heterocycles. The van der Waals surface area contributed by atoms with E-state index < -0.39 is 0 Å². The van der Waals surface area contributed by atoms with Gasteiger partial charge in [-0.25, -0.2) is 4.79 Å². The first-order valence-corrected chi connectivity index (χ1v) is 11.2. The molecule has 0 spiro atoms. The van der Waals surface area contributed by atoms with Crippen molar-refractivity contribution in [1.29, 1.82) is 0 Å². The van der Waals surface area contributed by atoms with Crippen LogP contribution in [0.5, 0.6) is 0 Å². The van der Waals surface area contributed by atoms with Crippen molar-refractivity contribution in [3.8, 4) is 0 Å². The van der Waals surface area contributed by atoms with Crippen LogP contribution in [0.1, 0.15) is 39.1 Å². The summed E-state index contributed by atoms with van der Waals surface area (Å²) < 4.78 is 0. The van der Waals surface area contributed by atoms with E-state index in [1.54, 1.807) is 29.2 Å². The van der Waals surface area contributed by atoms with Crippen molar-refractivity contribution in [2.75, 3.05) is 23.7 Å². The van der Waals surface area contributed by atoms with Gasteiger partial charge in [0.05, 0.1) is 0 Å². The molecule has 9 heteroatoms. The summed E-state index contributed by atoms with van der Waals surface area (Å²) in [6, 6.07) is 14.5. The molecule has 4 rings (SSSR count). The Hall–Kier alpha value is -2.97. The summed E-state index contributed by atoms with van der Waals surface area (Å²) in [6.07, 6.45) is 1.77. The third-order valence-electron chi connectivity index (χ3n) is 5.08. The van der Waals surface area contributed by atoms with E-state index in [1.807, 2.05) is 31.2 Å². The highest BCUT2D eigenvalue weighted by Gasteiger charge is 2.28. The van der Waals surface area contributed by atoms with Gasteiger partial charge >= 0.3 is 6.03 Å². The number of aryl methyl sites for hydroxylation is 1. The number of amides is 3. The lowest BCUT2D eigenvalue weighted by atomic mass is 9.99. The van der Waals surface area contributed by atoms with Gasteiger partial charge < -0.3 is 15.5 Å². The zero-order valence-corrected chi connectivity index (χ0v) is 18.5. The number of anilines is 2. The predicted molar refractivity (Wildman–Crippen MR) is 123 cm³/mol. The van der Waals surface area contributed by atoms with Crippen LogP contribution in [-0.4, -0.2) is 40.1 Å². The molecule has 0 radical (unpaired) electrons. The van der Waals surface area contributed by atoms with Gasteiger partial charge in [-0.1, -0.05) is 46.7 Å². The lowest BCUT2D eigenvalue weighted by molar-refractivity contribution is 0.102. The van der Waals surface area contributed by atoms with Crippen LogP contribution in [0.4, 0.5) is 16.2 Å². The topological polar surface area (TPSA) is 87.2 Å². The number of carbonyl (C=O) groups is 2. The van der Waals surface area contributed by atoms with Crippen LogP contribution >= 0.6 is 22.9 Å². The van der Waals surface area contributed by atoms with Crippen LogP contribution < -0.4 is 10.6 Å². The van der Waals surface area contributed by atoms with E-state index in [1.165, 1.54) is 11.3 Å². The Balaban J connectivity index is 1.38. The number of nitrogens with one attached hydrogen (secondary N) is 2. The van der Waals surface area contributed by atoms with Crippen LogP contribution in [0, 0.1) is 6.92 Å². The van der Waals surface area contributed by atoms with Crippen LogP contribution in [0.15, 0.2) is 48.5 Å². The number of piperidine rings is 1. The SMILES string of the molecule is Cc1ccc(NC(=O)N2CCC[C@H](c3nnc(C(=O)Nc4cccc(Cl)c4)s3)C2)cc1. The lowest BCUT2D eigenvalue weighted by Crippen LogP contribution is -2.41. The maximum Gasteiger partial charge on any atom is 0.321 e. The molecule has 7 nitrogen and oxygen atoms in total. The Kier molecular flexibility index (Phi) is 6.48. The van der Waals surface area contributed by atoms with Crippen molar-refractivity contribution in [3.63, 3.8) is 0 Å². The van der Waals surface area contributed by atoms with Gasteiger partial charge in [0.25, 0.3) is 5.91 Å². The van der Waals surface area contributed by atoms with E-state index in [0.717, 1.165) is 29.1 Å². The molecule has 0 aliphatic carbocycles. The number of rotatable bonds is 4. The van der Waals surface area contributed by atoms with Crippen molar-refractivity contribution in [2.45, 2.75) is 25.7 Å². The maximum absolute atomic E-state index is 12.7. The van der Waals surface area contributed by atoms with E-state index in [-0.39, 0.29) is 22.9 Å². The second-order valence-electron chi connectivity index (χ2n) is 7.49. The Bertz CT molecular complexity index is 1090. The van der Waals surface area contributed by atoms with Gasteiger partial charge in [-0.05, 0) is 50.1 Å². The number of urea groups is 1. The Morgan fingerprint density at radius 3 is 2.68 bits per heavy atom.